The van der Waals surface area contributed by atoms with Crippen LogP contribution in [0.5, 0.6) is 17.2 Å². The van der Waals surface area contributed by atoms with E-state index < -0.39 is 0 Å². The number of nitrogens with zero attached hydrogens (tertiary/aromatic N) is 2. The van der Waals surface area contributed by atoms with Gasteiger partial charge in [-0.25, -0.2) is 0 Å². The van der Waals surface area contributed by atoms with Crippen LogP contribution >= 0.6 is 0 Å². The summed E-state index contributed by atoms with van der Waals surface area (Å²) < 4.78 is 19.3. The van der Waals surface area contributed by atoms with Gasteiger partial charge in [0.05, 0.1) is 35.4 Å². The Kier molecular flexibility index (Phi) is 7.06. The zero-order chi connectivity index (χ0) is 17.9. The van der Waals surface area contributed by atoms with Gasteiger partial charge in [0, 0.05) is 17.7 Å². The van der Waals surface area contributed by atoms with Crippen LogP contribution < -0.4 is 36.9 Å². The molecule has 0 fully saturated rings. The highest BCUT2D eigenvalue weighted by molar-refractivity contribution is 5.74. The maximum Gasteiger partial charge on any atom is 0.498 e. The molecule has 0 spiro atoms. The molecular weight excluding hydrogens is 344 g/mol. The first kappa shape index (κ1) is 20.6. The van der Waals surface area contributed by atoms with Crippen molar-refractivity contribution in [1.82, 2.24) is 4.57 Å². The Morgan fingerprint density at radius 3 is 2.28 bits per heavy atom. The van der Waals surface area contributed by atoms with Gasteiger partial charge < -0.3 is 26.6 Å². The van der Waals surface area contributed by atoms with Gasteiger partial charge in [-0.15, -0.1) is 0 Å². The molecule has 1 heterocycles. The summed E-state index contributed by atoms with van der Waals surface area (Å²) >= 11 is 0. The average molecular weight is 367 g/mol. The van der Waals surface area contributed by atoms with Gasteiger partial charge in [-0.3, -0.25) is 0 Å². The SMILES string of the molecule is COc1cc(/C=C/c2cc(C)[n+](C)c(=O)n2C)c(OC)c(OC)c1.[Cl-]. The molecule has 25 heavy (non-hydrogen) atoms. The number of halogens is 1. The molecule has 6 nitrogen and oxygen atoms in total. The lowest BCUT2D eigenvalue weighted by molar-refractivity contribution is -0.696. The molecule has 0 amide bonds. The van der Waals surface area contributed by atoms with E-state index >= 15 is 0 Å². The molecule has 1 aromatic carbocycles. The fourth-order valence-electron chi connectivity index (χ4n) is 2.44. The van der Waals surface area contributed by atoms with Gasteiger partial charge in [0.15, 0.2) is 11.5 Å². The van der Waals surface area contributed by atoms with E-state index in [1.54, 1.807) is 50.6 Å². The minimum atomic E-state index is -0.0789. The monoisotopic (exact) mass is 366 g/mol. The van der Waals surface area contributed by atoms with Crippen LogP contribution in [0.15, 0.2) is 23.0 Å². The second kappa shape index (κ2) is 8.58. The molecule has 0 radical (unpaired) electrons. The number of hydrogen-bond donors (Lipinski definition) is 0. The third-order valence-electron chi connectivity index (χ3n) is 4.00. The topological polar surface area (TPSA) is 53.6 Å². The maximum atomic E-state index is 12.2. The zero-order valence-electron chi connectivity index (χ0n) is 15.3. The van der Waals surface area contributed by atoms with Crippen molar-refractivity contribution in [3.05, 3.63) is 45.6 Å². The molecule has 0 unspecified atom stereocenters. The molecule has 0 aliphatic rings. The third-order valence-corrected chi connectivity index (χ3v) is 4.00. The van der Waals surface area contributed by atoms with E-state index in [-0.39, 0.29) is 18.1 Å². The number of rotatable bonds is 5. The van der Waals surface area contributed by atoms with Crippen LogP contribution in [0.3, 0.4) is 0 Å². The van der Waals surface area contributed by atoms with Crippen molar-refractivity contribution in [3.63, 3.8) is 0 Å². The van der Waals surface area contributed by atoms with Crippen LogP contribution in [-0.4, -0.2) is 25.9 Å². The minimum absolute atomic E-state index is 0. The highest BCUT2D eigenvalue weighted by atomic mass is 35.5. The second-order valence-corrected chi connectivity index (χ2v) is 5.40. The summed E-state index contributed by atoms with van der Waals surface area (Å²) in [5.74, 6) is 1.86. The predicted octanol–water partition coefficient (Wildman–Crippen LogP) is -1.28. The van der Waals surface area contributed by atoms with Gasteiger partial charge >= 0.3 is 5.69 Å². The van der Waals surface area contributed by atoms with Crippen molar-refractivity contribution in [3.8, 4) is 17.2 Å². The fraction of sp³-hybridized carbons (Fsp3) is 0.333. The van der Waals surface area contributed by atoms with Gasteiger partial charge in [0.1, 0.15) is 17.1 Å². The van der Waals surface area contributed by atoms with Crippen LogP contribution in [0.1, 0.15) is 17.0 Å². The van der Waals surface area contributed by atoms with E-state index in [1.807, 2.05) is 31.2 Å². The van der Waals surface area contributed by atoms with E-state index in [1.165, 1.54) is 0 Å². The molecule has 7 heteroatoms. The molecule has 2 aromatic rings. The van der Waals surface area contributed by atoms with Gasteiger partial charge in [-0.1, -0.05) is 0 Å². The molecule has 136 valence electrons. The van der Waals surface area contributed by atoms with Gasteiger partial charge in [0.25, 0.3) is 0 Å². The molecule has 0 bridgehead atoms. The van der Waals surface area contributed by atoms with Crippen molar-refractivity contribution in [1.29, 1.82) is 0 Å². The summed E-state index contributed by atoms with van der Waals surface area (Å²) in [4.78, 5) is 12.2. The Morgan fingerprint density at radius 2 is 1.72 bits per heavy atom. The first-order valence-electron chi connectivity index (χ1n) is 7.47. The quantitative estimate of drug-likeness (QED) is 0.619. The Morgan fingerprint density at radius 1 is 1.04 bits per heavy atom. The average Bonchev–Trinajstić information content (AvgIpc) is 2.60. The molecule has 0 saturated carbocycles. The minimum Gasteiger partial charge on any atom is -1.00 e. The first-order chi connectivity index (χ1) is 11.4. The highest BCUT2D eigenvalue weighted by Crippen LogP contribution is 2.36. The lowest BCUT2D eigenvalue weighted by atomic mass is 10.1. The summed E-state index contributed by atoms with van der Waals surface area (Å²) in [6.45, 7) is 1.90. The van der Waals surface area contributed by atoms with Crippen LogP contribution in [-0.2, 0) is 14.1 Å². The van der Waals surface area contributed by atoms with Crippen molar-refractivity contribution < 1.29 is 31.2 Å². The summed E-state index contributed by atoms with van der Waals surface area (Å²) in [6, 6.07) is 5.56. The Bertz CT molecular complexity index is 844. The second-order valence-electron chi connectivity index (χ2n) is 5.40. The number of methoxy groups -OCH3 is 3. The molecule has 0 aliphatic heterocycles. The molecule has 0 N–H and O–H groups in total. The maximum absolute atomic E-state index is 12.2. The lowest BCUT2D eigenvalue weighted by Gasteiger charge is -2.12. The van der Waals surface area contributed by atoms with Crippen molar-refractivity contribution in [2.75, 3.05) is 21.3 Å². The molecule has 0 atom stereocenters. The number of aromatic nitrogens is 2. The van der Waals surface area contributed by atoms with E-state index in [4.69, 9.17) is 14.2 Å². The van der Waals surface area contributed by atoms with Crippen molar-refractivity contribution in [2.45, 2.75) is 6.92 Å². The van der Waals surface area contributed by atoms with Gasteiger partial charge in [0.2, 0.25) is 0 Å². The molecule has 0 aliphatic carbocycles. The van der Waals surface area contributed by atoms with Crippen molar-refractivity contribution >= 4 is 12.2 Å². The van der Waals surface area contributed by atoms with Gasteiger partial charge in [-0.05, 0) is 25.1 Å². The van der Waals surface area contributed by atoms with E-state index in [0.717, 1.165) is 17.0 Å². The van der Waals surface area contributed by atoms with E-state index in [0.29, 0.717) is 17.2 Å². The van der Waals surface area contributed by atoms with Crippen LogP contribution in [0.2, 0.25) is 0 Å². The number of benzene rings is 1. The number of ether oxygens (including phenoxy) is 3. The lowest BCUT2D eigenvalue weighted by Crippen LogP contribution is -3.00. The van der Waals surface area contributed by atoms with Gasteiger partial charge in [-0.2, -0.15) is 13.9 Å². The summed E-state index contributed by atoms with van der Waals surface area (Å²) in [7, 11) is 8.25. The first-order valence-corrected chi connectivity index (χ1v) is 7.47. The standard InChI is InChI=1S/C18H23N2O4.ClH/c1-12-9-14(20(3)18(21)19(12)2)8-7-13-10-15(22-4)11-16(23-5)17(13)24-6;/h7-11H,1-6H3;1H/q+1;/p-1/b8-7+;. The summed E-state index contributed by atoms with van der Waals surface area (Å²) in [5, 5.41) is 0. The molecule has 1 aromatic heterocycles. The third kappa shape index (κ3) is 4.14. The summed E-state index contributed by atoms with van der Waals surface area (Å²) in [6.07, 6.45) is 3.74. The Balaban J connectivity index is 0.00000312. The smallest absolute Gasteiger partial charge is 0.498 e. The molecule has 2 rings (SSSR count). The summed E-state index contributed by atoms with van der Waals surface area (Å²) in [5.41, 5.74) is 2.39. The molecule has 0 saturated heterocycles. The fourth-order valence-corrected chi connectivity index (χ4v) is 2.44. The Hall–Kier alpha value is -2.47. The van der Waals surface area contributed by atoms with E-state index in [2.05, 4.69) is 0 Å². The largest absolute Gasteiger partial charge is 1.00 e. The van der Waals surface area contributed by atoms with Crippen molar-refractivity contribution in [2.24, 2.45) is 14.1 Å². The number of hydrogen-bond acceptors (Lipinski definition) is 4. The predicted molar refractivity (Wildman–Crippen MR) is 92.6 cm³/mol. The Labute approximate surface area is 153 Å². The van der Waals surface area contributed by atoms with Crippen LogP contribution in [0, 0.1) is 6.92 Å². The van der Waals surface area contributed by atoms with Crippen LogP contribution in [0.25, 0.3) is 12.2 Å². The number of aryl methyl sites for hydroxylation is 1. The van der Waals surface area contributed by atoms with Crippen LogP contribution in [0.4, 0.5) is 0 Å². The normalized spacial score (nSPS) is 10.5. The highest BCUT2D eigenvalue weighted by Gasteiger charge is 2.14. The van der Waals surface area contributed by atoms with E-state index in [9.17, 15) is 4.79 Å². The molecular formula is C18H23ClN2O4. The zero-order valence-corrected chi connectivity index (χ0v) is 16.0.